The second-order valence-electron chi connectivity index (χ2n) is 6.04. The van der Waals surface area contributed by atoms with Gasteiger partial charge in [-0.1, -0.05) is 24.9 Å². The highest BCUT2D eigenvalue weighted by Crippen LogP contribution is 2.36. The number of methoxy groups -OCH3 is 1. The van der Waals surface area contributed by atoms with Crippen molar-refractivity contribution in [3.05, 3.63) is 22.7 Å². The molecule has 2 rings (SSSR count). The maximum atomic E-state index is 12.4. The summed E-state index contributed by atoms with van der Waals surface area (Å²) in [5.74, 6) is 0.821. The van der Waals surface area contributed by atoms with E-state index in [9.17, 15) is 4.79 Å². The van der Waals surface area contributed by atoms with Gasteiger partial charge in [-0.15, -0.1) is 0 Å². The van der Waals surface area contributed by atoms with Crippen LogP contribution in [0.4, 0.5) is 0 Å². The highest BCUT2D eigenvalue weighted by Gasteiger charge is 2.16. The number of hydrogen-bond donors (Lipinski definition) is 2. The molecular weight excluding hydrogens is 342 g/mol. The van der Waals surface area contributed by atoms with Gasteiger partial charge in [-0.3, -0.25) is 9.69 Å². The third-order valence-electron chi connectivity index (χ3n) is 4.16. The molecule has 0 bridgehead atoms. The van der Waals surface area contributed by atoms with E-state index < -0.39 is 0 Å². The molecule has 6 nitrogen and oxygen atoms in total. The van der Waals surface area contributed by atoms with E-state index in [1.54, 1.807) is 19.2 Å². The molecule has 0 spiro atoms. The summed E-state index contributed by atoms with van der Waals surface area (Å²) in [7, 11) is 1.55. The van der Waals surface area contributed by atoms with Gasteiger partial charge in [0.05, 0.1) is 18.7 Å². The van der Waals surface area contributed by atoms with Crippen LogP contribution in [0.3, 0.4) is 0 Å². The Morgan fingerprint density at radius 2 is 2.12 bits per heavy atom. The highest BCUT2D eigenvalue weighted by atomic mass is 35.5. The Kier molecular flexibility index (Phi) is 8.31. The van der Waals surface area contributed by atoms with Crippen molar-refractivity contribution in [2.24, 2.45) is 0 Å². The molecule has 1 aliphatic rings. The van der Waals surface area contributed by atoms with Gasteiger partial charge >= 0.3 is 0 Å². The molecule has 140 valence electrons. The van der Waals surface area contributed by atoms with Crippen molar-refractivity contribution in [2.45, 2.75) is 19.8 Å². The Bertz CT molecular complexity index is 563. The number of carbonyl (C=O) groups excluding carboxylic acids is 1. The molecule has 1 heterocycles. The summed E-state index contributed by atoms with van der Waals surface area (Å²) in [5.41, 5.74) is 0.477. The first-order chi connectivity index (χ1) is 12.2. The van der Waals surface area contributed by atoms with Crippen LogP contribution in [-0.4, -0.2) is 63.8 Å². The van der Waals surface area contributed by atoms with E-state index in [4.69, 9.17) is 21.1 Å². The first-order valence-electron chi connectivity index (χ1n) is 8.87. The third-order valence-corrected chi connectivity index (χ3v) is 4.44. The van der Waals surface area contributed by atoms with Crippen molar-refractivity contribution < 1.29 is 14.3 Å². The normalized spacial score (nSPS) is 15.0. The zero-order valence-corrected chi connectivity index (χ0v) is 15.8. The largest absolute Gasteiger partial charge is 0.493 e. The molecule has 1 saturated heterocycles. The number of rotatable bonds is 9. The fourth-order valence-corrected chi connectivity index (χ4v) is 2.94. The number of amides is 1. The highest BCUT2D eigenvalue weighted by molar-refractivity contribution is 6.32. The van der Waals surface area contributed by atoms with Gasteiger partial charge in [0.25, 0.3) is 5.91 Å². The van der Waals surface area contributed by atoms with Crippen LogP contribution in [0.5, 0.6) is 11.5 Å². The number of piperazine rings is 1. The van der Waals surface area contributed by atoms with Gasteiger partial charge in [-0.25, -0.2) is 0 Å². The molecule has 7 heteroatoms. The smallest absolute Gasteiger partial charge is 0.251 e. The van der Waals surface area contributed by atoms with Crippen LogP contribution >= 0.6 is 11.6 Å². The molecule has 1 aliphatic heterocycles. The monoisotopic (exact) mass is 369 g/mol. The Balaban J connectivity index is 1.93. The van der Waals surface area contributed by atoms with Crippen LogP contribution in [-0.2, 0) is 0 Å². The maximum Gasteiger partial charge on any atom is 0.251 e. The van der Waals surface area contributed by atoms with Gasteiger partial charge in [0.15, 0.2) is 11.5 Å². The fraction of sp³-hybridized carbons (Fsp3) is 0.611. The van der Waals surface area contributed by atoms with Gasteiger partial charge in [0, 0.05) is 44.8 Å². The van der Waals surface area contributed by atoms with E-state index in [0.717, 1.165) is 45.6 Å². The Labute approximate surface area is 154 Å². The fourth-order valence-electron chi connectivity index (χ4n) is 2.67. The molecule has 1 aromatic rings. The standard InChI is InChI=1S/C18H28ClN3O3/c1-3-4-11-25-17-15(19)12-14(13-16(17)24-2)18(23)21-7-10-22-8-5-20-6-9-22/h12-13,20H,3-11H2,1-2H3,(H,21,23). The summed E-state index contributed by atoms with van der Waals surface area (Å²) in [6, 6.07) is 3.30. The van der Waals surface area contributed by atoms with Crippen LogP contribution in [0, 0.1) is 0 Å². The summed E-state index contributed by atoms with van der Waals surface area (Å²) in [4.78, 5) is 14.7. The van der Waals surface area contributed by atoms with E-state index in [-0.39, 0.29) is 5.91 Å². The molecule has 1 fully saturated rings. The molecule has 0 aliphatic carbocycles. The van der Waals surface area contributed by atoms with E-state index in [1.807, 2.05) is 0 Å². The van der Waals surface area contributed by atoms with Crippen LogP contribution in [0.1, 0.15) is 30.1 Å². The minimum atomic E-state index is -0.157. The third kappa shape index (κ3) is 6.06. The van der Waals surface area contributed by atoms with E-state index >= 15 is 0 Å². The minimum absolute atomic E-state index is 0.157. The molecule has 1 aromatic carbocycles. The molecule has 0 aromatic heterocycles. The van der Waals surface area contributed by atoms with Crippen LogP contribution < -0.4 is 20.1 Å². The molecule has 0 unspecified atom stereocenters. The average molecular weight is 370 g/mol. The summed E-state index contributed by atoms with van der Waals surface area (Å²) >= 11 is 6.29. The van der Waals surface area contributed by atoms with Crippen molar-refractivity contribution in [3.63, 3.8) is 0 Å². The summed E-state index contributed by atoms with van der Waals surface area (Å²) in [6.45, 7) is 8.14. The maximum absolute atomic E-state index is 12.4. The SMILES string of the molecule is CCCCOc1c(Cl)cc(C(=O)NCCN2CCNCC2)cc1OC. The zero-order chi connectivity index (χ0) is 18.1. The summed E-state index contributed by atoms with van der Waals surface area (Å²) in [6.07, 6.45) is 1.97. The molecule has 25 heavy (non-hydrogen) atoms. The number of benzene rings is 1. The number of nitrogens with one attached hydrogen (secondary N) is 2. The Hall–Kier alpha value is -1.50. The lowest BCUT2D eigenvalue weighted by atomic mass is 10.2. The molecule has 1 amide bonds. The topological polar surface area (TPSA) is 62.8 Å². The van der Waals surface area contributed by atoms with E-state index in [2.05, 4.69) is 22.5 Å². The van der Waals surface area contributed by atoms with E-state index in [0.29, 0.717) is 35.2 Å². The van der Waals surface area contributed by atoms with Crippen LogP contribution in [0.2, 0.25) is 5.02 Å². The first-order valence-corrected chi connectivity index (χ1v) is 9.25. The summed E-state index contributed by atoms with van der Waals surface area (Å²) in [5, 5.41) is 6.64. The van der Waals surface area contributed by atoms with Crippen molar-refractivity contribution in [1.82, 2.24) is 15.5 Å². The number of nitrogens with zero attached hydrogens (tertiary/aromatic N) is 1. The van der Waals surface area contributed by atoms with Gasteiger partial charge in [0.1, 0.15) is 0 Å². The van der Waals surface area contributed by atoms with Crippen LogP contribution in [0.15, 0.2) is 12.1 Å². The quantitative estimate of drug-likeness (QED) is 0.653. The Morgan fingerprint density at radius 1 is 1.36 bits per heavy atom. The summed E-state index contributed by atoms with van der Waals surface area (Å²) < 4.78 is 11.0. The number of carbonyl (C=O) groups is 1. The number of unbranched alkanes of at least 4 members (excludes halogenated alkanes) is 1. The number of halogens is 1. The minimum Gasteiger partial charge on any atom is -0.493 e. The average Bonchev–Trinajstić information content (AvgIpc) is 2.63. The lowest BCUT2D eigenvalue weighted by Crippen LogP contribution is -2.46. The number of ether oxygens (including phenoxy) is 2. The molecular formula is C18H28ClN3O3. The second kappa shape index (κ2) is 10.5. The van der Waals surface area contributed by atoms with Crippen LogP contribution in [0.25, 0.3) is 0 Å². The van der Waals surface area contributed by atoms with Gasteiger partial charge in [-0.2, -0.15) is 0 Å². The second-order valence-corrected chi connectivity index (χ2v) is 6.45. The van der Waals surface area contributed by atoms with Crippen molar-refractivity contribution in [1.29, 1.82) is 0 Å². The lowest BCUT2D eigenvalue weighted by molar-refractivity contribution is 0.0947. The molecule has 0 atom stereocenters. The van der Waals surface area contributed by atoms with Gasteiger partial charge in [-0.05, 0) is 18.6 Å². The Morgan fingerprint density at radius 3 is 2.80 bits per heavy atom. The van der Waals surface area contributed by atoms with Gasteiger partial charge < -0.3 is 20.1 Å². The first kappa shape index (κ1) is 19.8. The number of hydrogen-bond acceptors (Lipinski definition) is 5. The lowest BCUT2D eigenvalue weighted by Gasteiger charge is -2.27. The molecule has 2 N–H and O–H groups in total. The predicted octanol–water partition coefficient (Wildman–Crippen LogP) is 2.16. The van der Waals surface area contributed by atoms with E-state index in [1.165, 1.54) is 0 Å². The predicted molar refractivity (Wildman–Crippen MR) is 100 cm³/mol. The molecule has 0 saturated carbocycles. The van der Waals surface area contributed by atoms with Crippen molar-refractivity contribution >= 4 is 17.5 Å². The molecule has 0 radical (unpaired) electrons. The van der Waals surface area contributed by atoms with Crippen molar-refractivity contribution in [3.8, 4) is 11.5 Å². The van der Waals surface area contributed by atoms with Crippen molar-refractivity contribution in [2.75, 3.05) is 53.0 Å². The van der Waals surface area contributed by atoms with Gasteiger partial charge in [0.2, 0.25) is 0 Å². The zero-order valence-electron chi connectivity index (χ0n) is 15.1.